The number of hydrogen-bond acceptors (Lipinski definition) is 5. The third-order valence-corrected chi connectivity index (χ3v) is 2.86. The molecule has 0 spiro atoms. The lowest BCUT2D eigenvalue weighted by Gasteiger charge is -2.05. The summed E-state index contributed by atoms with van der Waals surface area (Å²) in [4.78, 5) is 15.4. The molecule has 0 amide bonds. The van der Waals surface area contributed by atoms with Crippen molar-refractivity contribution in [3.63, 3.8) is 0 Å². The zero-order chi connectivity index (χ0) is 14.8. The van der Waals surface area contributed by atoms with E-state index in [1.165, 1.54) is 10.7 Å². The van der Waals surface area contributed by atoms with Crippen molar-refractivity contribution in [1.29, 1.82) is 0 Å². The molecule has 0 aliphatic rings. The van der Waals surface area contributed by atoms with Gasteiger partial charge in [-0.15, -0.1) is 5.10 Å². The second kappa shape index (κ2) is 5.12. The number of aromatic nitrogens is 5. The van der Waals surface area contributed by atoms with Gasteiger partial charge in [-0.25, -0.2) is 9.48 Å². The first kappa shape index (κ1) is 12.9. The van der Waals surface area contributed by atoms with Gasteiger partial charge in [-0.3, -0.25) is 4.98 Å². The topological polar surface area (TPSA) is 93.8 Å². The Balaban J connectivity index is 2.19. The van der Waals surface area contributed by atoms with E-state index < -0.39 is 5.97 Å². The smallest absolute Gasteiger partial charge is 0.356 e. The van der Waals surface area contributed by atoms with Crippen molar-refractivity contribution in [2.24, 2.45) is 0 Å². The highest BCUT2D eigenvalue weighted by atomic mass is 16.4. The summed E-state index contributed by atoms with van der Waals surface area (Å²) in [6, 6.07) is 10.4. The number of hydrogen-bond donors (Lipinski definition) is 1. The molecule has 0 atom stereocenters. The van der Waals surface area contributed by atoms with Gasteiger partial charge in [0.25, 0.3) is 0 Å². The van der Waals surface area contributed by atoms with Crippen LogP contribution in [-0.4, -0.2) is 36.0 Å². The van der Waals surface area contributed by atoms with Crippen LogP contribution in [0.1, 0.15) is 16.2 Å². The summed E-state index contributed by atoms with van der Waals surface area (Å²) in [6.45, 7) is 1.82. The van der Waals surface area contributed by atoms with Gasteiger partial charge in [0.1, 0.15) is 0 Å². The lowest BCUT2D eigenvalue weighted by molar-refractivity contribution is 0.0690. The molecule has 1 N–H and O–H groups in total. The van der Waals surface area contributed by atoms with Crippen molar-refractivity contribution in [3.05, 3.63) is 54.0 Å². The summed E-state index contributed by atoms with van der Waals surface area (Å²) in [7, 11) is 0. The van der Waals surface area contributed by atoms with Crippen LogP contribution in [0.5, 0.6) is 0 Å². The van der Waals surface area contributed by atoms with E-state index in [9.17, 15) is 4.79 Å². The van der Waals surface area contributed by atoms with Crippen molar-refractivity contribution in [1.82, 2.24) is 25.0 Å². The molecule has 0 unspecified atom stereocenters. The van der Waals surface area contributed by atoms with Gasteiger partial charge in [0.15, 0.2) is 11.5 Å². The van der Waals surface area contributed by atoms with E-state index in [1.54, 1.807) is 30.5 Å². The average Bonchev–Trinajstić information content (AvgIpc) is 2.94. The molecule has 21 heavy (non-hydrogen) atoms. The third-order valence-electron chi connectivity index (χ3n) is 2.86. The molecule has 0 bridgehead atoms. The van der Waals surface area contributed by atoms with Crippen LogP contribution < -0.4 is 0 Å². The number of pyridine rings is 1. The van der Waals surface area contributed by atoms with Crippen molar-refractivity contribution >= 4 is 5.97 Å². The summed E-state index contributed by atoms with van der Waals surface area (Å²) < 4.78 is 1.43. The Morgan fingerprint density at radius 2 is 2.05 bits per heavy atom. The molecule has 0 radical (unpaired) electrons. The molecule has 104 valence electrons. The Labute approximate surface area is 119 Å². The minimum absolute atomic E-state index is 0.0713. The predicted molar refractivity (Wildman–Crippen MR) is 74.1 cm³/mol. The molecule has 7 nitrogen and oxygen atoms in total. The molecule has 0 aromatic carbocycles. The van der Waals surface area contributed by atoms with Gasteiger partial charge in [0.05, 0.1) is 17.1 Å². The average molecular weight is 281 g/mol. The summed E-state index contributed by atoms with van der Waals surface area (Å²) in [5.74, 6) is -0.667. The highest BCUT2D eigenvalue weighted by Crippen LogP contribution is 2.21. The molecular weight excluding hydrogens is 270 g/mol. The Hall–Kier alpha value is -3.09. The fraction of sp³-hybridized carbons (Fsp3) is 0.0714. The summed E-state index contributed by atoms with van der Waals surface area (Å²) in [5.41, 5.74) is 1.85. The van der Waals surface area contributed by atoms with Gasteiger partial charge >= 0.3 is 5.97 Å². The van der Waals surface area contributed by atoms with Gasteiger partial charge in [0, 0.05) is 12.3 Å². The Kier molecular flexibility index (Phi) is 3.15. The van der Waals surface area contributed by atoms with Gasteiger partial charge in [-0.2, -0.15) is 10.2 Å². The fourth-order valence-corrected chi connectivity index (χ4v) is 1.86. The molecule has 3 aromatic rings. The number of carboxylic acids is 1. The quantitative estimate of drug-likeness (QED) is 0.785. The second-order valence-corrected chi connectivity index (χ2v) is 4.38. The van der Waals surface area contributed by atoms with Crippen LogP contribution in [0.25, 0.3) is 17.2 Å². The number of rotatable bonds is 3. The van der Waals surface area contributed by atoms with Gasteiger partial charge in [0.2, 0.25) is 0 Å². The lowest BCUT2D eigenvalue weighted by atomic mass is 10.2. The largest absolute Gasteiger partial charge is 0.476 e. The molecule has 7 heteroatoms. The Morgan fingerprint density at radius 1 is 1.19 bits per heavy atom. The molecule has 0 aliphatic carbocycles. The molecular formula is C14H11N5O2. The van der Waals surface area contributed by atoms with Crippen molar-refractivity contribution in [2.45, 2.75) is 6.92 Å². The van der Waals surface area contributed by atoms with E-state index in [0.717, 1.165) is 5.69 Å². The predicted octanol–water partition coefficient (Wildman–Crippen LogP) is 1.73. The number of aryl methyl sites for hydroxylation is 1. The molecule has 3 aromatic heterocycles. The van der Waals surface area contributed by atoms with E-state index in [2.05, 4.69) is 20.3 Å². The van der Waals surface area contributed by atoms with Crippen LogP contribution in [0.3, 0.4) is 0 Å². The maximum absolute atomic E-state index is 11.2. The van der Waals surface area contributed by atoms with Crippen LogP contribution in [0, 0.1) is 6.92 Å². The van der Waals surface area contributed by atoms with Crippen LogP contribution >= 0.6 is 0 Å². The van der Waals surface area contributed by atoms with Gasteiger partial charge < -0.3 is 5.11 Å². The molecule has 0 saturated heterocycles. The SMILES string of the molecule is Cc1ccc(-n2nc(C(=O)O)cc2-c2ccccn2)nn1. The lowest BCUT2D eigenvalue weighted by Crippen LogP contribution is -2.05. The minimum atomic E-state index is -1.11. The zero-order valence-electron chi connectivity index (χ0n) is 11.1. The van der Waals surface area contributed by atoms with Crippen LogP contribution in [0.15, 0.2) is 42.6 Å². The summed E-state index contributed by atoms with van der Waals surface area (Å²) >= 11 is 0. The third kappa shape index (κ3) is 2.48. The normalized spacial score (nSPS) is 10.5. The monoisotopic (exact) mass is 281 g/mol. The van der Waals surface area contributed by atoms with Crippen molar-refractivity contribution < 1.29 is 9.90 Å². The minimum Gasteiger partial charge on any atom is -0.476 e. The standard InChI is InChI=1S/C14H11N5O2/c1-9-5-6-13(17-16-9)19-12(8-11(18-19)14(20)21)10-4-2-3-7-15-10/h2-8H,1H3,(H,20,21). The van der Waals surface area contributed by atoms with Crippen molar-refractivity contribution in [3.8, 4) is 17.2 Å². The van der Waals surface area contributed by atoms with Crippen LogP contribution in [0.4, 0.5) is 0 Å². The van der Waals surface area contributed by atoms with Gasteiger partial charge in [-0.05, 0) is 31.2 Å². The number of carbonyl (C=O) groups is 1. The second-order valence-electron chi connectivity index (χ2n) is 4.38. The highest BCUT2D eigenvalue weighted by Gasteiger charge is 2.17. The molecule has 3 rings (SSSR count). The van der Waals surface area contributed by atoms with E-state index in [4.69, 9.17) is 5.11 Å². The van der Waals surface area contributed by atoms with Crippen LogP contribution in [-0.2, 0) is 0 Å². The number of aromatic carboxylic acids is 1. The highest BCUT2D eigenvalue weighted by molar-refractivity contribution is 5.87. The Morgan fingerprint density at radius 3 is 2.67 bits per heavy atom. The molecule has 0 saturated carbocycles. The van der Waals surface area contributed by atoms with Crippen LogP contribution in [0.2, 0.25) is 0 Å². The maximum Gasteiger partial charge on any atom is 0.356 e. The van der Waals surface area contributed by atoms with Gasteiger partial charge in [-0.1, -0.05) is 6.07 Å². The maximum atomic E-state index is 11.2. The fourth-order valence-electron chi connectivity index (χ4n) is 1.86. The first-order valence-electron chi connectivity index (χ1n) is 6.20. The first-order chi connectivity index (χ1) is 10.1. The molecule has 3 heterocycles. The van der Waals surface area contributed by atoms with E-state index in [1.807, 2.05) is 13.0 Å². The summed E-state index contributed by atoms with van der Waals surface area (Å²) in [5, 5.41) is 21.2. The number of nitrogens with zero attached hydrogens (tertiary/aromatic N) is 5. The molecule has 0 fully saturated rings. The Bertz CT molecular complexity index is 781. The first-order valence-corrected chi connectivity index (χ1v) is 6.20. The zero-order valence-corrected chi connectivity index (χ0v) is 11.1. The van der Waals surface area contributed by atoms with E-state index >= 15 is 0 Å². The van der Waals surface area contributed by atoms with E-state index in [0.29, 0.717) is 17.2 Å². The number of carboxylic acid groups (broad SMARTS) is 1. The van der Waals surface area contributed by atoms with E-state index in [-0.39, 0.29) is 5.69 Å². The molecule has 0 aliphatic heterocycles. The van der Waals surface area contributed by atoms with Crippen molar-refractivity contribution in [2.75, 3.05) is 0 Å². The summed E-state index contributed by atoms with van der Waals surface area (Å²) in [6.07, 6.45) is 1.63.